The highest BCUT2D eigenvalue weighted by molar-refractivity contribution is 5.86. The quantitative estimate of drug-likeness (QED) is 0.163. The van der Waals surface area contributed by atoms with Gasteiger partial charge in [0.2, 0.25) is 0 Å². The second-order valence-electron chi connectivity index (χ2n) is 9.40. The Morgan fingerprint density at radius 1 is 1.22 bits per heavy atom. The van der Waals surface area contributed by atoms with Gasteiger partial charge in [0.25, 0.3) is 0 Å². The number of esters is 1. The van der Waals surface area contributed by atoms with E-state index in [0.29, 0.717) is 19.8 Å². The van der Waals surface area contributed by atoms with Gasteiger partial charge >= 0.3 is 12.1 Å². The van der Waals surface area contributed by atoms with Gasteiger partial charge in [-0.2, -0.15) is 0 Å². The Morgan fingerprint density at radius 2 is 1.88 bits per heavy atom. The van der Waals surface area contributed by atoms with Crippen LogP contribution in [0.25, 0.3) is 10.4 Å². The van der Waals surface area contributed by atoms with Gasteiger partial charge < -0.3 is 24.0 Å². The molecule has 0 aromatic heterocycles. The molecule has 0 aromatic rings. The van der Waals surface area contributed by atoms with E-state index in [4.69, 9.17) is 19.7 Å². The van der Waals surface area contributed by atoms with Crippen molar-refractivity contribution in [3.63, 3.8) is 0 Å². The Kier molecular flexibility index (Phi) is 9.57. The molecule has 0 radical (unpaired) electrons. The number of carbonyl (C=O) groups is 2. The van der Waals surface area contributed by atoms with Gasteiger partial charge in [0.05, 0.1) is 32.9 Å². The van der Waals surface area contributed by atoms with Crippen LogP contribution in [-0.4, -0.2) is 110 Å². The molecule has 1 amide bonds. The summed E-state index contributed by atoms with van der Waals surface area (Å²) in [6, 6.07) is 0.104. The molecule has 0 spiro atoms. The van der Waals surface area contributed by atoms with Gasteiger partial charge in [-0.3, -0.25) is 4.90 Å². The first-order valence-electron chi connectivity index (χ1n) is 11.3. The molecule has 0 aliphatic carbocycles. The summed E-state index contributed by atoms with van der Waals surface area (Å²) in [5.41, 5.74) is 7.06. The van der Waals surface area contributed by atoms with Crippen molar-refractivity contribution in [3.05, 3.63) is 10.4 Å². The minimum Gasteiger partial charge on any atom is -0.465 e. The average Bonchev–Trinajstić information content (AvgIpc) is 2.67. The van der Waals surface area contributed by atoms with Crippen molar-refractivity contribution in [2.75, 3.05) is 66.1 Å². The Morgan fingerprint density at radius 3 is 2.44 bits per heavy atom. The van der Waals surface area contributed by atoms with E-state index < -0.39 is 17.2 Å². The van der Waals surface area contributed by atoms with E-state index in [9.17, 15) is 9.59 Å². The molecule has 11 nitrogen and oxygen atoms in total. The lowest BCUT2D eigenvalue weighted by atomic mass is 9.88. The summed E-state index contributed by atoms with van der Waals surface area (Å²) in [4.78, 5) is 33.6. The molecule has 32 heavy (non-hydrogen) atoms. The molecule has 2 heterocycles. The SMILES string of the molecule is CCOC(=O)C1(N(C)CCOCCN2CCC(N=[N+]=[N-])CC2)CN(C(=O)OC(C)(C)C)C1. The monoisotopic (exact) mass is 454 g/mol. The summed E-state index contributed by atoms with van der Waals surface area (Å²) in [6.07, 6.45) is 1.33. The highest BCUT2D eigenvalue weighted by Crippen LogP contribution is 2.30. The van der Waals surface area contributed by atoms with Crippen LogP contribution in [0.15, 0.2) is 5.11 Å². The highest BCUT2D eigenvalue weighted by atomic mass is 16.6. The Bertz CT molecular complexity index is 677. The number of nitrogens with zero attached hydrogens (tertiary/aromatic N) is 6. The fourth-order valence-electron chi connectivity index (χ4n) is 3.88. The third-order valence-electron chi connectivity index (χ3n) is 5.84. The van der Waals surface area contributed by atoms with Crippen molar-refractivity contribution in [2.24, 2.45) is 5.11 Å². The summed E-state index contributed by atoms with van der Waals surface area (Å²) in [5, 5.41) is 3.79. The van der Waals surface area contributed by atoms with Crippen LogP contribution in [0.4, 0.5) is 4.79 Å². The smallest absolute Gasteiger partial charge is 0.410 e. The van der Waals surface area contributed by atoms with Crippen molar-refractivity contribution >= 4 is 12.1 Å². The first kappa shape index (κ1) is 26.2. The number of ether oxygens (including phenoxy) is 3. The second-order valence-corrected chi connectivity index (χ2v) is 9.40. The van der Waals surface area contributed by atoms with Crippen LogP contribution in [-0.2, 0) is 19.0 Å². The predicted molar refractivity (Wildman–Crippen MR) is 119 cm³/mol. The van der Waals surface area contributed by atoms with E-state index in [1.165, 1.54) is 4.90 Å². The summed E-state index contributed by atoms with van der Waals surface area (Å²) >= 11 is 0. The van der Waals surface area contributed by atoms with E-state index in [2.05, 4.69) is 14.9 Å². The van der Waals surface area contributed by atoms with E-state index in [1.807, 2.05) is 32.7 Å². The standard InChI is InChI=1S/C21H38N6O5/c1-6-31-18(28)21(15-27(16-21)19(29)32-20(2,3)4)25(5)11-13-30-14-12-26-9-7-17(8-10-26)23-24-22/h17H,6-16H2,1-5H3. The number of rotatable bonds is 10. The molecule has 2 aliphatic heterocycles. The molecule has 2 aliphatic rings. The number of hydrogen-bond acceptors (Lipinski definition) is 8. The van der Waals surface area contributed by atoms with E-state index in [-0.39, 0.29) is 31.7 Å². The van der Waals surface area contributed by atoms with Crippen LogP contribution in [0, 0.1) is 0 Å². The molecule has 0 unspecified atom stereocenters. The summed E-state index contributed by atoms with van der Waals surface area (Å²) in [5.74, 6) is -0.329. The zero-order valence-electron chi connectivity index (χ0n) is 20.1. The largest absolute Gasteiger partial charge is 0.465 e. The first-order chi connectivity index (χ1) is 15.1. The van der Waals surface area contributed by atoms with Crippen LogP contribution in [0.5, 0.6) is 0 Å². The van der Waals surface area contributed by atoms with Crippen LogP contribution in [0.1, 0.15) is 40.5 Å². The lowest BCUT2D eigenvalue weighted by Gasteiger charge is -2.52. The maximum Gasteiger partial charge on any atom is 0.410 e. The minimum absolute atomic E-state index is 0.104. The number of carbonyl (C=O) groups excluding carboxylic acids is 2. The molecule has 0 bridgehead atoms. The summed E-state index contributed by atoms with van der Waals surface area (Å²) in [6.45, 7) is 12.2. The normalized spacial score (nSPS) is 19.2. The fourth-order valence-corrected chi connectivity index (χ4v) is 3.88. The molecule has 0 N–H and O–H groups in total. The Hall–Kier alpha value is -2.07. The number of amides is 1. The van der Waals surface area contributed by atoms with Crippen molar-refractivity contribution in [1.29, 1.82) is 0 Å². The number of azide groups is 1. The third-order valence-corrected chi connectivity index (χ3v) is 5.84. The molecule has 11 heteroatoms. The molecule has 2 saturated heterocycles. The van der Waals surface area contributed by atoms with Crippen LogP contribution in [0.3, 0.4) is 0 Å². The van der Waals surface area contributed by atoms with Gasteiger partial charge in [-0.25, -0.2) is 9.59 Å². The first-order valence-corrected chi connectivity index (χ1v) is 11.3. The number of likely N-dealkylation sites (tertiary alicyclic amines) is 2. The van der Waals surface area contributed by atoms with Gasteiger partial charge in [-0.05, 0) is 66.2 Å². The molecular formula is C21H38N6O5. The maximum absolute atomic E-state index is 12.7. The molecule has 182 valence electrons. The van der Waals surface area contributed by atoms with Gasteiger partial charge in [-0.15, -0.1) is 0 Å². The summed E-state index contributed by atoms with van der Waals surface area (Å²) < 4.78 is 16.5. The molecule has 2 fully saturated rings. The number of likely N-dealkylation sites (N-methyl/N-ethyl adjacent to an activating group) is 1. The average molecular weight is 455 g/mol. The molecule has 2 rings (SSSR count). The molecular weight excluding hydrogens is 416 g/mol. The van der Waals surface area contributed by atoms with Crippen molar-refractivity contribution in [3.8, 4) is 0 Å². The van der Waals surface area contributed by atoms with Gasteiger partial charge in [0, 0.05) is 24.0 Å². The Labute approximate surface area is 190 Å². The molecule has 0 saturated carbocycles. The highest BCUT2D eigenvalue weighted by Gasteiger charge is 2.55. The number of piperidine rings is 1. The van der Waals surface area contributed by atoms with Crippen LogP contribution in [0.2, 0.25) is 0 Å². The van der Waals surface area contributed by atoms with Crippen LogP contribution >= 0.6 is 0 Å². The third kappa shape index (κ3) is 7.23. The maximum atomic E-state index is 12.7. The van der Waals surface area contributed by atoms with Crippen molar-refractivity contribution in [1.82, 2.24) is 14.7 Å². The lowest BCUT2D eigenvalue weighted by Crippen LogP contribution is -2.75. The van der Waals surface area contributed by atoms with Crippen molar-refractivity contribution < 1.29 is 23.8 Å². The predicted octanol–water partition coefficient (Wildman–Crippen LogP) is 2.26. The van der Waals surface area contributed by atoms with Gasteiger partial charge in [-0.1, -0.05) is 5.11 Å². The zero-order valence-corrected chi connectivity index (χ0v) is 20.1. The second kappa shape index (κ2) is 11.7. The van der Waals surface area contributed by atoms with E-state index in [0.717, 1.165) is 32.5 Å². The Balaban J connectivity index is 1.76. The van der Waals surface area contributed by atoms with E-state index in [1.54, 1.807) is 6.92 Å². The topological polar surface area (TPSA) is 120 Å². The lowest BCUT2D eigenvalue weighted by molar-refractivity contribution is -0.169. The molecule has 0 aromatic carbocycles. The van der Waals surface area contributed by atoms with E-state index >= 15 is 0 Å². The van der Waals surface area contributed by atoms with Gasteiger partial charge in [0.1, 0.15) is 5.60 Å². The fraction of sp³-hybridized carbons (Fsp3) is 0.905. The van der Waals surface area contributed by atoms with Gasteiger partial charge in [0.15, 0.2) is 5.54 Å². The molecule has 0 atom stereocenters. The van der Waals surface area contributed by atoms with Crippen molar-refractivity contribution in [2.45, 2.75) is 57.7 Å². The number of hydrogen-bond donors (Lipinski definition) is 0. The van der Waals surface area contributed by atoms with Crippen LogP contribution < -0.4 is 0 Å². The zero-order chi connectivity index (χ0) is 23.8. The summed E-state index contributed by atoms with van der Waals surface area (Å²) in [7, 11) is 1.85. The minimum atomic E-state index is -0.876.